The first-order chi connectivity index (χ1) is 8.55. The van der Waals surface area contributed by atoms with Crippen LogP contribution < -0.4 is 11.1 Å². The maximum atomic E-state index is 5.90. The van der Waals surface area contributed by atoms with E-state index in [1.54, 1.807) is 0 Å². The Morgan fingerprint density at radius 2 is 1.72 bits per heavy atom. The second-order valence-electron chi connectivity index (χ2n) is 4.91. The van der Waals surface area contributed by atoms with Gasteiger partial charge in [-0.1, -0.05) is 32.8 Å². The fourth-order valence-electron chi connectivity index (χ4n) is 2.01. The van der Waals surface area contributed by atoms with Gasteiger partial charge in [0.25, 0.3) is 0 Å². The summed E-state index contributed by atoms with van der Waals surface area (Å²) in [5.41, 5.74) is 9.37. The molecule has 3 N–H and O–H groups in total. The molecular weight excluding hydrogens is 222 g/mol. The number of guanidine groups is 1. The minimum absolute atomic E-state index is 0.506. The van der Waals surface area contributed by atoms with Crippen LogP contribution in [-0.4, -0.2) is 12.5 Å². The smallest absolute Gasteiger partial charge is 0.193 e. The van der Waals surface area contributed by atoms with Crippen molar-refractivity contribution in [1.29, 1.82) is 0 Å². The van der Waals surface area contributed by atoms with Crippen LogP contribution >= 0.6 is 0 Å². The molecule has 0 fully saturated rings. The van der Waals surface area contributed by atoms with Crippen LogP contribution in [0.4, 0.5) is 5.69 Å². The Hall–Kier alpha value is -1.51. The molecule has 0 aliphatic heterocycles. The van der Waals surface area contributed by atoms with Crippen molar-refractivity contribution in [3.8, 4) is 0 Å². The number of nitrogens with two attached hydrogens (primary N) is 1. The third-order valence-electron chi connectivity index (χ3n) is 3.17. The first-order valence-corrected chi connectivity index (χ1v) is 6.70. The van der Waals surface area contributed by atoms with Gasteiger partial charge in [-0.25, -0.2) is 0 Å². The van der Waals surface area contributed by atoms with Crippen LogP contribution in [0.3, 0.4) is 0 Å². The molecule has 1 rings (SSSR count). The zero-order valence-electron chi connectivity index (χ0n) is 12.0. The minimum atomic E-state index is 0.506. The Bertz CT molecular complexity index is 386. The van der Waals surface area contributed by atoms with Gasteiger partial charge in [-0.05, 0) is 43.0 Å². The van der Waals surface area contributed by atoms with Crippen molar-refractivity contribution < 1.29 is 0 Å². The zero-order chi connectivity index (χ0) is 13.5. The fourth-order valence-corrected chi connectivity index (χ4v) is 2.01. The minimum Gasteiger partial charge on any atom is -0.370 e. The van der Waals surface area contributed by atoms with E-state index in [4.69, 9.17) is 5.73 Å². The molecule has 0 atom stereocenters. The summed E-state index contributed by atoms with van der Waals surface area (Å²) in [6.07, 6.45) is 2.30. The lowest BCUT2D eigenvalue weighted by molar-refractivity contribution is 0.506. The van der Waals surface area contributed by atoms with Crippen molar-refractivity contribution in [1.82, 2.24) is 0 Å². The molecular formula is C15H25N3. The summed E-state index contributed by atoms with van der Waals surface area (Å²) < 4.78 is 0. The number of aryl methyl sites for hydroxylation is 2. The van der Waals surface area contributed by atoms with E-state index in [1.165, 1.54) is 11.1 Å². The maximum Gasteiger partial charge on any atom is 0.193 e. The van der Waals surface area contributed by atoms with Crippen molar-refractivity contribution in [3.63, 3.8) is 0 Å². The number of nitrogens with zero attached hydrogens (tertiary/aromatic N) is 1. The number of aliphatic imine (C=N–C) groups is 1. The molecule has 18 heavy (non-hydrogen) atoms. The van der Waals surface area contributed by atoms with E-state index < -0.39 is 0 Å². The van der Waals surface area contributed by atoms with Gasteiger partial charge in [0, 0.05) is 12.2 Å². The summed E-state index contributed by atoms with van der Waals surface area (Å²) >= 11 is 0. The van der Waals surface area contributed by atoms with Crippen LogP contribution in [0, 0.1) is 19.8 Å². The molecule has 0 aliphatic carbocycles. The summed E-state index contributed by atoms with van der Waals surface area (Å²) in [4.78, 5) is 4.40. The average molecular weight is 247 g/mol. The summed E-state index contributed by atoms with van der Waals surface area (Å²) in [6.45, 7) is 9.34. The lowest BCUT2D eigenvalue weighted by Gasteiger charge is -2.11. The van der Waals surface area contributed by atoms with Crippen molar-refractivity contribution in [3.05, 3.63) is 29.3 Å². The van der Waals surface area contributed by atoms with Crippen LogP contribution in [0.5, 0.6) is 0 Å². The van der Waals surface area contributed by atoms with E-state index >= 15 is 0 Å². The van der Waals surface area contributed by atoms with Gasteiger partial charge in [0.15, 0.2) is 5.96 Å². The highest BCUT2D eigenvalue weighted by Crippen LogP contribution is 2.13. The largest absolute Gasteiger partial charge is 0.370 e. The highest BCUT2D eigenvalue weighted by molar-refractivity contribution is 5.92. The maximum absolute atomic E-state index is 5.90. The van der Waals surface area contributed by atoms with Crippen molar-refractivity contribution >= 4 is 11.6 Å². The van der Waals surface area contributed by atoms with Gasteiger partial charge in [0.2, 0.25) is 0 Å². The first-order valence-electron chi connectivity index (χ1n) is 6.70. The van der Waals surface area contributed by atoms with Crippen LogP contribution in [0.25, 0.3) is 0 Å². The molecule has 3 heteroatoms. The van der Waals surface area contributed by atoms with E-state index in [2.05, 4.69) is 56.2 Å². The van der Waals surface area contributed by atoms with E-state index in [1.807, 2.05) is 0 Å². The van der Waals surface area contributed by atoms with Gasteiger partial charge in [-0.2, -0.15) is 0 Å². The molecule has 0 aliphatic rings. The highest BCUT2D eigenvalue weighted by atomic mass is 15.1. The van der Waals surface area contributed by atoms with Crippen LogP contribution in [-0.2, 0) is 0 Å². The van der Waals surface area contributed by atoms with E-state index in [0.717, 1.165) is 25.1 Å². The number of hydrogen-bond donors (Lipinski definition) is 2. The Morgan fingerprint density at radius 3 is 2.22 bits per heavy atom. The molecule has 100 valence electrons. The molecule has 0 saturated heterocycles. The number of nitrogens with one attached hydrogen (secondary N) is 1. The topological polar surface area (TPSA) is 50.4 Å². The molecule has 0 spiro atoms. The standard InChI is InChI=1S/C15H25N3/c1-5-13(6-2)10-17-15(16)18-14-8-11(3)7-12(4)9-14/h7-9,13H,5-6,10H2,1-4H3,(H3,16,17,18). The second-order valence-corrected chi connectivity index (χ2v) is 4.91. The number of anilines is 1. The Balaban J connectivity index is 2.63. The monoisotopic (exact) mass is 247 g/mol. The van der Waals surface area contributed by atoms with Gasteiger partial charge in [0.05, 0.1) is 0 Å². The van der Waals surface area contributed by atoms with Gasteiger partial charge < -0.3 is 11.1 Å². The highest BCUT2D eigenvalue weighted by Gasteiger charge is 2.02. The van der Waals surface area contributed by atoms with Crippen molar-refractivity contribution in [2.75, 3.05) is 11.9 Å². The molecule has 0 bridgehead atoms. The quantitative estimate of drug-likeness (QED) is 0.618. The van der Waals surface area contributed by atoms with Gasteiger partial charge in [0.1, 0.15) is 0 Å². The predicted octanol–water partition coefficient (Wildman–Crippen LogP) is 3.47. The molecule has 3 nitrogen and oxygen atoms in total. The van der Waals surface area contributed by atoms with Gasteiger partial charge in [-0.3, -0.25) is 4.99 Å². The number of benzene rings is 1. The molecule has 0 heterocycles. The first kappa shape index (κ1) is 14.6. The zero-order valence-corrected chi connectivity index (χ0v) is 12.0. The predicted molar refractivity (Wildman–Crippen MR) is 80.1 cm³/mol. The molecule has 0 aromatic heterocycles. The van der Waals surface area contributed by atoms with Gasteiger partial charge in [-0.15, -0.1) is 0 Å². The molecule has 0 saturated carbocycles. The van der Waals surface area contributed by atoms with Crippen LogP contribution in [0.1, 0.15) is 37.8 Å². The Morgan fingerprint density at radius 1 is 1.17 bits per heavy atom. The lowest BCUT2D eigenvalue weighted by Crippen LogP contribution is -2.23. The average Bonchev–Trinajstić information content (AvgIpc) is 2.28. The van der Waals surface area contributed by atoms with E-state index in [-0.39, 0.29) is 0 Å². The second kappa shape index (κ2) is 7.04. The molecule has 0 radical (unpaired) electrons. The summed E-state index contributed by atoms with van der Waals surface area (Å²) in [7, 11) is 0. The van der Waals surface area contributed by atoms with E-state index in [9.17, 15) is 0 Å². The number of hydrogen-bond acceptors (Lipinski definition) is 1. The van der Waals surface area contributed by atoms with Gasteiger partial charge >= 0.3 is 0 Å². The molecule has 0 amide bonds. The van der Waals surface area contributed by atoms with Crippen molar-refractivity contribution in [2.45, 2.75) is 40.5 Å². The summed E-state index contributed by atoms with van der Waals surface area (Å²) in [6, 6.07) is 6.29. The third kappa shape index (κ3) is 4.78. The van der Waals surface area contributed by atoms with E-state index in [0.29, 0.717) is 11.9 Å². The van der Waals surface area contributed by atoms with Crippen LogP contribution in [0.2, 0.25) is 0 Å². The lowest BCUT2D eigenvalue weighted by atomic mass is 10.0. The molecule has 0 unspecified atom stereocenters. The SMILES string of the molecule is CCC(CC)CN=C(N)Nc1cc(C)cc(C)c1. The van der Waals surface area contributed by atoms with Crippen molar-refractivity contribution in [2.24, 2.45) is 16.6 Å². The Labute approximate surface area is 111 Å². The number of rotatable bonds is 5. The normalized spacial score (nSPS) is 11.9. The van der Waals surface area contributed by atoms with Crippen LogP contribution in [0.15, 0.2) is 23.2 Å². The Kier molecular flexibility index (Phi) is 5.69. The molecule has 1 aromatic rings. The molecule has 1 aromatic carbocycles. The summed E-state index contributed by atoms with van der Waals surface area (Å²) in [5, 5.41) is 3.15. The summed E-state index contributed by atoms with van der Waals surface area (Å²) in [5.74, 6) is 1.14. The third-order valence-corrected chi connectivity index (χ3v) is 3.17. The fraction of sp³-hybridized carbons (Fsp3) is 0.533.